The minimum absolute atomic E-state index is 0.210. The first-order chi connectivity index (χ1) is 14.7. The molecule has 3 aromatic rings. The number of primary sulfonamides is 1. The number of hydrogen-bond donors (Lipinski definition) is 3. The van der Waals surface area contributed by atoms with E-state index in [0.717, 1.165) is 11.8 Å². The number of ether oxygens (including phenoxy) is 1. The van der Waals surface area contributed by atoms with Gasteiger partial charge in [-0.15, -0.1) is 0 Å². The van der Waals surface area contributed by atoms with Crippen molar-refractivity contribution in [3.05, 3.63) is 53.2 Å². The van der Waals surface area contributed by atoms with Gasteiger partial charge in [-0.2, -0.15) is 0 Å². The number of halogens is 1. The van der Waals surface area contributed by atoms with Crippen LogP contribution in [0.4, 0.5) is 17.1 Å². The van der Waals surface area contributed by atoms with Gasteiger partial charge in [-0.25, -0.2) is 18.4 Å². The summed E-state index contributed by atoms with van der Waals surface area (Å²) in [4.78, 5) is 18.2. The number of nitrogens with two attached hydrogens (primary N) is 1. The molecule has 0 saturated carbocycles. The van der Waals surface area contributed by atoms with Gasteiger partial charge in [0.2, 0.25) is 10.0 Å². The highest BCUT2D eigenvalue weighted by Gasteiger charge is 2.21. The molecule has 162 valence electrons. The molecule has 11 heteroatoms. The second-order valence-corrected chi connectivity index (χ2v) is 8.96. The molecular formula is C20H19ClN4O5S. The minimum Gasteiger partial charge on any atom is -0.478 e. The van der Waals surface area contributed by atoms with Gasteiger partial charge >= 0.3 is 5.97 Å². The largest absolute Gasteiger partial charge is 0.478 e. The van der Waals surface area contributed by atoms with E-state index >= 15 is 0 Å². The van der Waals surface area contributed by atoms with Gasteiger partial charge < -0.3 is 20.1 Å². The molecule has 1 saturated heterocycles. The number of carboxylic acids is 1. The number of morpholine rings is 1. The van der Waals surface area contributed by atoms with Crippen molar-refractivity contribution in [1.29, 1.82) is 0 Å². The molecule has 1 aliphatic rings. The van der Waals surface area contributed by atoms with Crippen LogP contribution in [0.25, 0.3) is 10.9 Å². The highest BCUT2D eigenvalue weighted by Crippen LogP contribution is 2.37. The topological polar surface area (TPSA) is 135 Å². The number of aromatic nitrogens is 1. The van der Waals surface area contributed by atoms with Gasteiger partial charge in [-0.1, -0.05) is 11.6 Å². The lowest BCUT2D eigenvalue weighted by atomic mass is 10.1. The standard InChI is InChI=1S/C20H19ClN4O5S/c21-12-1-3-16-14(9-12)19(18(11-23-16)25-5-7-30-8-6-25)24-17-4-2-13(31(22,28)29)10-15(17)20(26)27/h1-4,9-11H,5-8H2,(H,23,24)(H,26,27)(H2,22,28,29). The van der Waals surface area contributed by atoms with E-state index in [4.69, 9.17) is 21.5 Å². The molecule has 4 rings (SSSR count). The lowest BCUT2D eigenvalue weighted by molar-refractivity contribution is 0.0697. The van der Waals surface area contributed by atoms with Crippen LogP contribution in [-0.4, -0.2) is 50.8 Å². The molecule has 0 unspecified atom stereocenters. The number of pyridine rings is 1. The number of rotatable bonds is 5. The van der Waals surface area contributed by atoms with E-state index in [1.54, 1.807) is 24.4 Å². The monoisotopic (exact) mass is 462 g/mol. The Morgan fingerprint density at radius 1 is 1.19 bits per heavy atom. The average Bonchev–Trinajstić information content (AvgIpc) is 2.74. The molecule has 0 atom stereocenters. The van der Waals surface area contributed by atoms with Crippen LogP contribution in [-0.2, 0) is 14.8 Å². The van der Waals surface area contributed by atoms with E-state index < -0.39 is 16.0 Å². The van der Waals surface area contributed by atoms with Gasteiger partial charge in [0, 0.05) is 23.5 Å². The smallest absolute Gasteiger partial charge is 0.337 e. The van der Waals surface area contributed by atoms with Crippen LogP contribution in [0, 0.1) is 0 Å². The lowest BCUT2D eigenvalue weighted by Gasteiger charge is -2.31. The van der Waals surface area contributed by atoms with Crippen molar-refractivity contribution in [2.75, 3.05) is 36.5 Å². The molecule has 31 heavy (non-hydrogen) atoms. The Balaban J connectivity index is 1.89. The number of aromatic carboxylic acids is 1. The van der Waals surface area contributed by atoms with Gasteiger partial charge in [0.15, 0.2) is 0 Å². The number of nitrogens with one attached hydrogen (secondary N) is 1. The number of carbonyl (C=O) groups is 1. The van der Waals surface area contributed by atoms with Crippen molar-refractivity contribution in [2.24, 2.45) is 5.14 Å². The van der Waals surface area contributed by atoms with Gasteiger partial charge in [-0.05, 0) is 36.4 Å². The van der Waals surface area contributed by atoms with Crippen LogP contribution in [0.1, 0.15) is 10.4 Å². The molecule has 9 nitrogen and oxygen atoms in total. The molecule has 0 spiro atoms. The second-order valence-electron chi connectivity index (χ2n) is 6.96. The fourth-order valence-electron chi connectivity index (χ4n) is 3.45. The third-order valence-corrected chi connectivity index (χ3v) is 6.12. The van der Waals surface area contributed by atoms with E-state index in [2.05, 4.69) is 15.2 Å². The Hall–Kier alpha value is -2.92. The zero-order chi connectivity index (χ0) is 22.2. The van der Waals surface area contributed by atoms with Gasteiger partial charge in [-0.3, -0.25) is 4.98 Å². The number of anilines is 3. The number of sulfonamides is 1. The van der Waals surface area contributed by atoms with Crippen LogP contribution in [0.2, 0.25) is 5.02 Å². The van der Waals surface area contributed by atoms with Crippen LogP contribution < -0.4 is 15.4 Å². The van der Waals surface area contributed by atoms with Crippen molar-refractivity contribution in [3.8, 4) is 0 Å². The second kappa shape index (κ2) is 8.31. The van der Waals surface area contributed by atoms with Crippen molar-refractivity contribution in [2.45, 2.75) is 4.90 Å². The molecule has 2 aromatic carbocycles. The lowest BCUT2D eigenvalue weighted by Crippen LogP contribution is -2.36. The minimum atomic E-state index is -4.05. The molecule has 0 radical (unpaired) electrons. The molecule has 1 fully saturated rings. The van der Waals surface area contributed by atoms with Crippen LogP contribution in [0.15, 0.2) is 47.5 Å². The zero-order valence-electron chi connectivity index (χ0n) is 16.2. The summed E-state index contributed by atoms with van der Waals surface area (Å²) >= 11 is 6.22. The predicted molar refractivity (Wildman–Crippen MR) is 118 cm³/mol. The molecular weight excluding hydrogens is 444 g/mol. The maximum atomic E-state index is 11.9. The Kier molecular flexibility index (Phi) is 5.71. The highest BCUT2D eigenvalue weighted by molar-refractivity contribution is 7.89. The number of benzene rings is 2. The van der Waals surface area contributed by atoms with Crippen LogP contribution in [0.3, 0.4) is 0 Å². The molecule has 0 amide bonds. The van der Waals surface area contributed by atoms with Crippen molar-refractivity contribution in [1.82, 2.24) is 4.98 Å². The number of nitrogens with zero attached hydrogens (tertiary/aromatic N) is 2. The van der Waals surface area contributed by atoms with E-state index in [1.165, 1.54) is 12.1 Å². The van der Waals surface area contributed by atoms with Crippen molar-refractivity contribution < 1.29 is 23.1 Å². The van der Waals surface area contributed by atoms with Crippen LogP contribution in [0.5, 0.6) is 0 Å². The van der Waals surface area contributed by atoms with Crippen molar-refractivity contribution >= 4 is 55.6 Å². The van der Waals surface area contributed by atoms with E-state index in [-0.39, 0.29) is 16.1 Å². The summed E-state index contributed by atoms with van der Waals surface area (Å²) in [5, 5.41) is 19.2. The number of hydrogen-bond acceptors (Lipinski definition) is 7. The Morgan fingerprint density at radius 2 is 1.94 bits per heavy atom. The Labute approximate surface area is 183 Å². The maximum absolute atomic E-state index is 11.9. The summed E-state index contributed by atoms with van der Waals surface area (Å²) in [5.74, 6) is -1.29. The Bertz CT molecular complexity index is 1280. The molecule has 0 aliphatic carbocycles. The fourth-order valence-corrected chi connectivity index (χ4v) is 4.16. The summed E-state index contributed by atoms with van der Waals surface area (Å²) in [6, 6.07) is 8.91. The maximum Gasteiger partial charge on any atom is 0.337 e. The zero-order valence-corrected chi connectivity index (χ0v) is 17.8. The van der Waals surface area contributed by atoms with E-state index in [9.17, 15) is 18.3 Å². The highest BCUT2D eigenvalue weighted by atomic mass is 35.5. The summed E-state index contributed by atoms with van der Waals surface area (Å²) in [5.41, 5.74) is 2.01. The molecule has 1 aliphatic heterocycles. The average molecular weight is 463 g/mol. The summed E-state index contributed by atoms with van der Waals surface area (Å²) in [6.07, 6.45) is 1.71. The van der Waals surface area contributed by atoms with E-state index in [1.807, 2.05) is 0 Å². The molecule has 1 aromatic heterocycles. The van der Waals surface area contributed by atoms with Gasteiger partial charge in [0.05, 0.1) is 52.4 Å². The van der Waals surface area contributed by atoms with Gasteiger partial charge in [0.25, 0.3) is 0 Å². The molecule has 2 heterocycles. The SMILES string of the molecule is NS(=O)(=O)c1ccc(Nc2c(N3CCOCC3)cnc3ccc(Cl)cc23)c(C(=O)O)c1. The third kappa shape index (κ3) is 4.42. The molecule has 4 N–H and O–H groups in total. The Morgan fingerprint density at radius 3 is 2.61 bits per heavy atom. The first-order valence-corrected chi connectivity index (χ1v) is 11.2. The van der Waals surface area contributed by atoms with Crippen molar-refractivity contribution in [3.63, 3.8) is 0 Å². The predicted octanol–water partition coefficient (Wildman–Crippen LogP) is 2.81. The molecule has 0 bridgehead atoms. The van der Waals surface area contributed by atoms with Gasteiger partial charge in [0.1, 0.15) is 0 Å². The van der Waals surface area contributed by atoms with E-state index in [0.29, 0.717) is 47.9 Å². The summed E-state index contributed by atoms with van der Waals surface area (Å²) in [6.45, 7) is 2.38. The first-order valence-electron chi connectivity index (χ1n) is 9.32. The normalized spacial score (nSPS) is 14.6. The number of carboxylic acid groups (broad SMARTS) is 1. The first kappa shape index (κ1) is 21.3. The summed E-state index contributed by atoms with van der Waals surface area (Å²) in [7, 11) is -4.05. The number of fused-ring (bicyclic) bond motifs is 1. The quantitative estimate of drug-likeness (QED) is 0.526. The van der Waals surface area contributed by atoms with Crippen LogP contribution >= 0.6 is 11.6 Å². The fraction of sp³-hybridized carbons (Fsp3) is 0.200. The summed E-state index contributed by atoms with van der Waals surface area (Å²) < 4.78 is 28.8. The third-order valence-electron chi connectivity index (χ3n) is 4.97.